The second-order valence-electron chi connectivity index (χ2n) is 4.60. The maximum atomic E-state index is 13.8. The molecule has 0 aliphatic rings. The lowest BCUT2D eigenvalue weighted by Crippen LogP contribution is -2.29. The van der Waals surface area contributed by atoms with Gasteiger partial charge in [-0.15, -0.1) is 0 Å². The summed E-state index contributed by atoms with van der Waals surface area (Å²) in [6, 6.07) is 2.74. The molecule has 0 heterocycles. The number of rotatable bonds is 5. The first-order chi connectivity index (χ1) is 9.29. The Kier molecular flexibility index (Phi) is 5.53. The topological polar surface area (TPSA) is 20.3 Å². The van der Waals surface area contributed by atoms with Gasteiger partial charge in [-0.25, -0.2) is 4.39 Å². The molecule has 0 atom stereocenters. The standard InChI is InChI=1S/C14H17F4NO/c1-3-4-5-9-19(2)13(20)10-7-6-8-11(12(10)15)14(16,17)18/h6-8H,3-5,9H2,1-2H3. The first-order valence-electron chi connectivity index (χ1n) is 6.40. The minimum Gasteiger partial charge on any atom is -0.342 e. The van der Waals surface area contributed by atoms with Crippen LogP contribution < -0.4 is 0 Å². The van der Waals surface area contributed by atoms with Gasteiger partial charge in [-0.1, -0.05) is 25.8 Å². The van der Waals surface area contributed by atoms with E-state index in [1.807, 2.05) is 6.92 Å². The van der Waals surface area contributed by atoms with Gasteiger partial charge in [0.2, 0.25) is 0 Å². The van der Waals surface area contributed by atoms with E-state index in [1.54, 1.807) is 0 Å². The number of benzene rings is 1. The molecule has 20 heavy (non-hydrogen) atoms. The summed E-state index contributed by atoms with van der Waals surface area (Å²) in [4.78, 5) is 13.2. The predicted molar refractivity (Wildman–Crippen MR) is 67.9 cm³/mol. The van der Waals surface area contributed by atoms with Crippen LogP contribution in [-0.4, -0.2) is 24.4 Å². The molecule has 0 aliphatic heterocycles. The van der Waals surface area contributed by atoms with Crippen LogP contribution in [0, 0.1) is 5.82 Å². The van der Waals surface area contributed by atoms with Gasteiger partial charge in [0.25, 0.3) is 5.91 Å². The van der Waals surface area contributed by atoms with Crippen molar-refractivity contribution in [1.82, 2.24) is 4.90 Å². The normalized spacial score (nSPS) is 11.5. The van der Waals surface area contributed by atoms with Gasteiger partial charge in [-0.2, -0.15) is 13.2 Å². The fraction of sp³-hybridized carbons (Fsp3) is 0.500. The molecule has 0 spiro atoms. The van der Waals surface area contributed by atoms with Gasteiger partial charge >= 0.3 is 6.18 Å². The van der Waals surface area contributed by atoms with Crippen LogP contribution in [0.25, 0.3) is 0 Å². The molecular formula is C14H17F4NO. The second kappa shape index (κ2) is 6.72. The number of hydrogen-bond acceptors (Lipinski definition) is 1. The fourth-order valence-corrected chi connectivity index (χ4v) is 1.82. The van der Waals surface area contributed by atoms with Gasteiger partial charge in [-0.3, -0.25) is 4.79 Å². The number of halogens is 4. The zero-order valence-corrected chi connectivity index (χ0v) is 11.4. The molecule has 112 valence electrons. The summed E-state index contributed by atoms with van der Waals surface area (Å²) in [5.74, 6) is -2.24. The van der Waals surface area contributed by atoms with E-state index in [2.05, 4.69) is 0 Å². The third-order valence-corrected chi connectivity index (χ3v) is 2.98. The van der Waals surface area contributed by atoms with Crippen molar-refractivity contribution >= 4 is 5.91 Å². The third kappa shape index (κ3) is 3.95. The van der Waals surface area contributed by atoms with E-state index in [0.717, 1.165) is 31.4 Å². The number of hydrogen-bond donors (Lipinski definition) is 0. The smallest absolute Gasteiger partial charge is 0.342 e. The van der Waals surface area contributed by atoms with Gasteiger partial charge < -0.3 is 4.90 Å². The van der Waals surface area contributed by atoms with Gasteiger partial charge in [-0.05, 0) is 18.6 Å². The lowest BCUT2D eigenvalue weighted by molar-refractivity contribution is -0.140. The largest absolute Gasteiger partial charge is 0.419 e. The highest BCUT2D eigenvalue weighted by Crippen LogP contribution is 2.32. The Morgan fingerprint density at radius 2 is 1.90 bits per heavy atom. The molecule has 2 nitrogen and oxygen atoms in total. The molecular weight excluding hydrogens is 274 g/mol. The maximum Gasteiger partial charge on any atom is 0.419 e. The Balaban J connectivity index is 2.94. The molecule has 1 amide bonds. The van der Waals surface area contributed by atoms with Crippen molar-refractivity contribution < 1.29 is 22.4 Å². The van der Waals surface area contributed by atoms with E-state index < -0.39 is 29.0 Å². The molecule has 0 saturated carbocycles. The highest BCUT2D eigenvalue weighted by molar-refractivity contribution is 5.94. The number of nitrogens with zero attached hydrogens (tertiary/aromatic N) is 1. The quantitative estimate of drug-likeness (QED) is 0.590. The van der Waals surface area contributed by atoms with Gasteiger partial charge in [0.05, 0.1) is 11.1 Å². The first-order valence-corrected chi connectivity index (χ1v) is 6.40. The summed E-state index contributed by atoms with van der Waals surface area (Å²) in [6.07, 6.45) is -2.21. The molecule has 0 unspecified atom stereocenters. The SMILES string of the molecule is CCCCCN(C)C(=O)c1cccc(C(F)(F)F)c1F. The Morgan fingerprint density at radius 3 is 2.45 bits per heavy atom. The molecule has 6 heteroatoms. The van der Waals surface area contributed by atoms with Crippen LogP contribution in [0.2, 0.25) is 0 Å². The summed E-state index contributed by atoms with van der Waals surface area (Å²) in [7, 11) is 1.46. The number of carbonyl (C=O) groups excluding carboxylic acids is 1. The van der Waals surface area contributed by atoms with Crippen LogP contribution in [-0.2, 0) is 6.18 Å². The van der Waals surface area contributed by atoms with E-state index in [1.165, 1.54) is 11.9 Å². The minimum atomic E-state index is -4.80. The Hall–Kier alpha value is -1.59. The fourth-order valence-electron chi connectivity index (χ4n) is 1.82. The van der Waals surface area contributed by atoms with Crippen molar-refractivity contribution in [3.63, 3.8) is 0 Å². The number of carbonyl (C=O) groups is 1. The summed E-state index contributed by atoms with van der Waals surface area (Å²) in [5.41, 5.74) is -1.95. The predicted octanol–water partition coefficient (Wildman–Crippen LogP) is 4.11. The number of unbranched alkanes of at least 4 members (excludes halogenated alkanes) is 2. The van der Waals surface area contributed by atoms with Crippen LogP contribution in [0.1, 0.15) is 42.1 Å². The van der Waals surface area contributed by atoms with Crippen molar-refractivity contribution in [3.05, 3.63) is 35.1 Å². The lowest BCUT2D eigenvalue weighted by atomic mass is 10.1. The van der Waals surface area contributed by atoms with Crippen LogP contribution in [0.5, 0.6) is 0 Å². The number of amides is 1. The maximum absolute atomic E-state index is 13.8. The van der Waals surface area contributed by atoms with Gasteiger partial charge in [0, 0.05) is 13.6 Å². The highest BCUT2D eigenvalue weighted by atomic mass is 19.4. The minimum absolute atomic E-state index is 0.391. The summed E-state index contributed by atoms with van der Waals surface area (Å²) >= 11 is 0. The van der Waals surface area contributed by atoms with Crippen LogP contribution in [0.3, 0.4) is 0 Å². The van der Waals surface area contributed by atoms with Crippen molar-refractivity contribution in [2.45, 2.75) is 32.4 Å². The molecule has 0 aliphatic carbocycles. The van der Waals surface area contributed by atoms with Crippen LogP contribution >= 0.6 is 0 Å². The summed E-state index contributed by atoms with van der Waals surface area (Å²) < 4.78 is 51.5. The van der Waals surface area contributed by atoms with E-state index in [9.17, 15) is 22.4 Å². The van der Waals surface area contributed by atoms with Crippen LogP contribution in [0.4, 0.5) is 17.6 Å². The van der Waals surface area contributed by atoms with E-state index in [0.29, 0.717) is 12.6 Å². The molecule has 0 bridgehead atoms. The third-order valence-electron chi connectivity index (χ3n) is 2.98. The summed E-state index contributed by atoms with van der Waals surface area (Å²) in [5, 5.41) is 0. The molecule has 1 aromatic rings. The van der Waals surface area contributed by atoms with Crippen molar-refractivity contribution in [2.24, 2.45) is 0 Å². The monoisotopic (exact) mass is 291 g/mol. The molecule has 0 N–H and O–H groups in total. The van der Waals surface area contributed by atoms with Gasteiger partial charge in [0.1, 0.15) is 5.82 Å². The Bertz CT molecular complexity index is 471. The Labute approximate surface area is 115 Å². The highest BCUT2D eigenvalue weighted by Gasteiger charge is 2.36. The first kappa shape index (κ1) is 16.5. The van der Waals surface area contributed by atoms with Crippen molar-refractivity contribution in [1.29, 1.82) is 0 Å². The average Bonchev–Trinajstić information content (AvgIpc) is 2.37. The molecule has 1 rings (SSSR count). The molecule has 0 saturated heterocycles. The zero-order valence-electron chi connectivity index (χ0n) is 11.4. The molecule has 0 aromatic heterocycles. The van der Waals surface area contributed by atoms with Gasteiger partial charge in [0.15, 0.2) is 0 Å². The average molecular weight is 291 g/mol. The lowest BCUT2D eigenvalue weighted by Gasteiger charge is -2.18. The van der Waals surface area contributed by atoms with Crippen molar-refractivity contribution in [2.75, 3.05) is 13.6 Å². The van der Waals surface area contributed by atoms with E-state index >= 15 is 0 Å². The van der Waals surface area contributed by atoms with E-state index in [4.69, 9.17) is 0 Å². The van der Waals surface area contributed by atoms with E-state index in [-0.39, 0.29) is 0 Å². The number of alkyl halides is 3. The van der Waals surface area contributed by atoms with Crippen molar-refractivity contribution in [3.8, 4) is 0 Å². The molecule has 0 radical (unpaired) electrons. The summed E-state index contributed by atoms with van der Waals surface area (Å²) in [6.45, 7) is 2.39. The van der Waals surface area contributed by atoms with Crippen LogP contribution in [0.15, 0.2) is 18.2 Å². The Morgan fingerprint density at radius 1 is 1.25 bits per heavy atom. The second-order valence-corrected chi connectivity index (χ2v) is 4.60. The molecule has 1 aromatic carbocycles. The molecule has 0 fully saturated rings. The zero-order chi connectivity index (χ0) is 15.3.